The summed E-state index contributed by atoms with van der Waals surface area (Å²) in [5, 5.41) is 0. The summed E-state index contributed by atoms with van der Waals surface area (Å²) in [5.74, 6) is 0.976. The Morgan fingerprint density at radius 3 is 2.74 bits per heavy atom. The molecule has 0 bridgehead atoms. The maximum absolute atomic E-state index is 6.34. The minimum Gasteiger partial charge on any atom is -0.321 e. The molecule has 4 nitrogen and oxygen atoms in total. The first-order valence-electron chi connectivity index (χ1n) is 7.03. The highest BCUT2D eigenvalue weighted by Gasteiger charge is 2.24. The normalized spacial score (nSPS) is 13.9. The Kier molecular flexibility index (Phi) is 3.90. The first-order valence-corrected chi connectivity index (χ1v) is 7.03. The van der Waals surface area contributed by atoms with E-state index in [-0.39, 0.29) is 11.6 Å². The molecule has 2 aromatic rings. The molecule has 0 aliphatic carbocycles. The Morgan fingerprint density at radius 2 is 2.11 bits per heavy atom. The molecular formula is C15H24N4. The van der Waals surface area contributed by atoms with Gasteiger partial charge in [-0.1, -0.05) is 19.8 Å². The Morgan fingerprint density at radius 1 is 1.37 bits per heavy atom. The van der Waals surface area contributed by atoms with Crippen molar-refractivity contribution < 1.29 is 0 Å². The highest BCUT2D eigenvalue weighted by atomic mass is 15.2. The van der Waals surface area contributed by atoms with Crippen molar-refractivity contribution in [3.05, 3.63) is 24.3 Å². The molecule has 0 fully saturated rings. The number of imidazole rings is 1. The maximum atomic E-state index is 6.34. The average Bonchev–Trinajstić information content (AvgIpc) is 2.74. The van der Waals surface area contributed by atoms with Crippen LogP contribution in [0.1, 0.15) is 58.8 Å². The molecule has 2 aromatic heterocycles. The van der Waals surface area contributed by atoms with E-state index in [9.17, 15) is 0 Å². The largest absolute Gasteiger partial charge is 0.321 e. The average molecular weight is 260 g/mol. The van der Waals surface area contributed by atoms with Gasteiger partial charge >= 0.3 is 0 Å². The number of hydrogen-bond donors (Lipinski definition) is 1. The van der Waals surface area contributed by atoms with E-state index in [1.807, 2.05) is 18.5 Å². The predicted octanol–water partition coefficient (Wildman–Crippen LogP) is 3.38. The SMILES string of the molecule is CCCCC(N)c1nc2cnccc2n1C(C)(C)C. The van der Waals surface area contributed by atoms with Gasteiger partial charge in [0.05, 0.1) is 17.8 Å². The Hall–Kier alpha value is -1.42. The molecule has 2 rings (SSSR count). The second-order valence-electron chi connectivity index (χ2n) is 6.09. The molecule has 19 heavy (non-hydrogen) atoms. The van der Waals surface area contributed by atoms with Crippen LogP contribution >= 0.6 is 0 Å². The molecular weight excluding hydrogens is 236 g/mol. The quantitative estimate of drug-likeness (QED) is 0.917. The van der Waals surface area contributed by atoms with E-state index < -0.39 is 0 Å². The lowest BCUT2D eigenvalue weighted by molar-refractivity contribution is 0.378. The molecule has 2 heterocycles. The standard InChI is InChI=1S/C15H24N4/c1-5-6-7-11(16)14-18-12-10-17-9-8-13(12)19(14)15(2,3)4/h8-11H,5-7,16H2,1-4H3. The lowest BCUT2D eigenvalue weighted by Crippen LogP contribution is -2.27. The molecule has 2 N–H and O–H groups in total. The van der Waals surface area contributed by atoms with E-state index in [2.05, 4.69) is 37.2 Å². The molecule has 0 aromatic carbocycles. The zero-order valence-electron chi connectivity index (χ0n) is 12.3. The number of unbranched alkanes of at least 4 members (excludes halogenated alkanes) is 1. The van der Waals surface area contributed by atoms with Gasteiger partial charge in [0, 0.05) is 11.7 Å². The van der Waals surface area contributed by atoms with Crippen molar-refractivity contribution in [1.29, 1.82) is 0 Å². The summed E-state index contributed by atoms with van der Waals surface area (Å²) >= 11 is 0. The van der Waals surface area contributed by atoms with Gasteiger partial charge in [-0.25, -0.2) is 4.98 Å². The molecule has 0 aliphatic heterocycles. The van der Waals surface area contributed by atoms with Crippen LogP contribution in [0.25, 0.3) is 11.0 Å². The lowest BCUT2D eigenvalue weighted by atomic mass is 10.1. The van der Waals surface area contributed by atoms with Crippen LogP contribution in [-0.4, -0.2) is 14.5 Å². The molecule has 0 spiro atoms. The second-order valence-corrected chi connectivity index (χ2v) is 6.09. The van der Waals surface area contributed by atoms with Crippen LogP contribution in [0.3, 0.4) is 0 Å². The van der Waals surface area contributed by atoms with Gasteiger partial charge in [0.25, 0.3) is 0 Å². The summed E-state index contributed by atoms with van der Waals surface area (Å²) in [6, 6.07) is 2.01. The first kappa shape index (κ1) is 14.0. The molecule has 0 amide bonds. The van der Waals surface area contributed by atoms with Crippen molar-refractivity contribution in [1.82, 2.24) is 14.5 Å². The number of rotatable bonds is 4. The minimum absolute atomic E-state index is 0.00780. The van der Waals surface area contributed by atoms with Crippen molar-refractivity contribution >= 4 is 11.0 Å². The topological polar surface area (TPSA) is 56.7 Å². The third kappa shape index (κ3) is 2.78. The van der Waals surface area contributed by atoms with E-state index in [0.717, 1.165) is 36.1 Å². The highest BCUT2D eigenvalue weighted by molar-refractivity contribution is 5.75. The fourth-order valence-electron chi connectivity index (χ4n) is 2.46. The number of nitrogens with zero attached hydrogens (tertiary/aromatic N) is 3. The van der Waals surface area contributed by atoms with Gasteiger partial charge in [-0.2, -0.15) is 0 Å². The smallest absolute Gasteiger partial charge is 0.127 e. The molecule has 0 radical (unpaired) electrons. The third-order valence-corrected chi connectivity index (χ3v) is 3.35. The van der Waals surface area contributed by atoms with Crippen molar-refractivity contribution in [3.8, 4) is 0 Å². The Bertz CT molecular complexity index is 551. The van der Waals surface area contributed by atoms with Crippen molar-refractivity contribution in [2.75, 3.05) is 0 Å². The van der Waals surface area contributed by atoms with Crippen LogP contribution in [0.15, 0.2) is 18.5 Å². The number of pyridine rings is 1. The van der Waals surface area contributed by atoms with Crippen molar-refractivity contribution in [2.45, 2.75) is 58.5 Å². The summed E-state index contributed by atoms with van der Waals surface area (Å²) < 4.78 is 2.25. The van der Waals surface area contributed by atoms with Gasteiger partial charge in [-0.3, -0.25) is 4.98 Å². The number of aromatic nitrogens is 3. The molecule has 0 aliphatic rings. The highest BCUT2D eigenvalue weighted by Crippen LogP contribution is 2.28. The van der Waals surface area contributed by atoms with E-state index in [1.165, 1.54) is 0 Å². The summed E-state index contributed by atoms with van der Waals surface area (Å²) in [6.07, 6.45) is 6.89. The van der Waals surface area contributed by atoms with Gasteiger partial charge in [0.15, 0.2) is 0 Å². The number of nitrogens with two attached hydrogens (primary N) is 1. The summed E-state index contributed by atoms with van der Waals surface area (Å²) in [4.78, 5) is 8.86. The minimum atomic E-state index is -0.0325. The van der Waals surface area contributed by atoms with Gasteiger partial charge in [-0.15, -0.1) is 0 Å². The molecule has 0 saturated carbocycles. The van der Waals surface area contributed by atoms with Gasteiger partial charge in [-0.05, 0) is 33.3 Å². The molecule has 1 atom stereocenters. The van der Waals surface area contributed by atoms with E-state index in [0.29, 0.717) is 0 Å². The third-order valence-electron chi connectivity index (χ3n) is 3.35. The molecule has 1 unspecified atom stereocenters. The van der Waals surface area contributed by atoms with Crippen molar-refractivity contribution in [2.24, 2.45) is 5.73 Å². The van der Waals surface area contributed by atoms with Crippen LogP contribution in [0, 0.1) is 0 Å². The summed E-state index contributed by atoms with van der Waals surface area (Å²) in [6.45, 7) is 8.74. The first-order chi connectivity index (χ1) is 8.95. The van der Waals surface area contributed by atoms with E-state index >= 15 is 0 Å². The van der Waals surface area contributed by atoms with Gasteiger partial charge < -0.3 is 10.3 Å². The zero-order chi connectivity index (χ0) is 14.0. The lowest BCUT2D eigenvalue weighted by Gasteiger charge is -2.26. The van der Waals surface area contributed by atoms with E-state index in [4.69, 9.17) is 10.7 Å². The van der Waals surface area contributed by atoms with Crippen molar-refractivity contribution in [3.63, 3.8) is 0 Å². The molecule has 0 saturated heterocycles. The summed E-state index contributed by atoms with van der Waals surface area (Å²) in [5.41, 5.74) is 8.35. The Labute approximate surface area is 115 Å². The monoisotopic (exact) mass is 260 g/mol. The fraction of sp³-hybridized carbons (Fsp3) is 0.600. The zero-order valence-corrected chi connectivity index (χ0v) is 12.3. The van der Waals surface area contributed by atoms with Crippen LogP contribution in [0.4, 0.5) is 0 Å². The van der Waals surface area contributed by atoms with Crippen LogP contribution in [0.2, 0.25) is 0 Å². The summed E-state index contributed by atoms with van der Waals surface area (Å²) in [7, 11) is 0. The molecule has 104 valence electrons. The molecule has 4 heteroatoms. The Balaban J connectivity index is 2.53. The fourth-order valence-corrected chi connectivity index (χ4v) is 2.46. The van der Waals surface area contributed by atoms with Crippen LogP contribution in [0.5, 0.6) is 0 Å². The maximum Gasteiger partial charge on any atom is 0.127 e. The number of fused-ring (bicyclic) bond motifs is 1. The van der Waals surface area contributed by atoms with Gasteiger partial charge in [0.1, 0.15) is 11.3 Å². The number of hydrogen-bond acceptors (Lipinski definition) is 3. The van der Waals surface area contributed by atoms with Crippen LogP contribution in [-0.2, 0) is 5.54 Å². The second kappa shape index (κ2) is 5.29. The predicted molar refractivity (Wildman–Crippen MR) is 79.0 cm³/mol. The van der Waals surface area contributed by atoms with Gasteiger partial charge in [0.2, 0.25) is 0 Å². The van der Waals surface area contributed by atoms with E-state index in [1.54, 1.807) is 0 Å². The van der Waals surface area contributed by atoms with Crippen LogP contribution < -0.4 is 5.73 Å².